The summed E-state index contributed by atoms with van der Waals surface area (Å²) in [6.07, 6.45) is 1.98. The molecule has 0 radical (unpaired) electrons. The van der Waals surface area contributed by atoms with Crippen molar-refractivity contribution in [2.24, 2.45) is 0 Å². The molecule has 19 heavy (non-hydrogen) atoms. The minimum absolute atomic E-state index is 0.314. The molecule has 0 saturated carbocycles. The molecule has 0 fully saturated rings. The first-order valence-electron chi connectivity index (χ1n) is 6.26. The molecule has 0 atom stereocenters. The molecule has 2 rings (SSSR count). The Morgan fingerprint density at radius 2 is 1.79 bits per heavy atom. The van der Waals surface area contributed by atoms with Gasteiger partial charge >= 0.3 is 0 Å². The van der Waals surface area contributed by atoms with Crippen molar-refractivity contribution < 1.29 is 0 Å². The van der Waals surface area contributed by atoms with Crippen molar-refractivity contribution in [3.8, 4) is 11.3 Å². The van der Waals surface area contributed by atoms with Crippen molar-refractivity contribution in [2.45, 2.75) is 19.4 Å². The number of rotatable bonds is 3. The van der Waals surface area contributed by atoms with Gasteiger partial charge in [0.1, 0.15) is 10.5 Å². The van der Waals surface area contributed by atoms with E-state index in [1.165, 1.54) is 0 Å². The third kappa shape index (κ3) is 2.68. The summed E-state index contributed by atoms with van der Waals surface area (Å²) in [7, 11) is 3.93. The molecule has 0 unspecified atom stereocenters. The highest BCUT2D eigenvalue weighted by Gasteiger charge is 2.28. The Balaban J connectivity index is 2.34. The Hall–Kier alpha value is -1.68. The van der Waals surface area contributed by atoms with E-state index < -0.39 is 0 Å². The van der Waals surface area contributed by atoms with Crippen LogP contribution in [-0.2, 0) is 5.54 Å². The summed E-state index contributed by atoms with van der Waals surface area (Å²) >= 11 is 5.49. The van der Waals surface area contributed by atoms with E-state index in [9.17, 15) is 0 Å². The van der Waals surface area contributed by atoms with Crippen molar-refractivity contribution in [1.29, 1.82) is 0 Å². The monoisotopic (exact) mass is 273 g/mol. The molecule has 0 aliphatic heterocycles. The zero-order valence-corrected chi connectivity index (χ0v) is 12.6. The SMILES string of the molecule is CN(C)C(=S)C(C)(C)n1ccc(-c2ccccc2)n1. The fourth-order valence-electron chi connectivity index (χ4n) is 2.04. The van der Waals surface area contributed by atoms with Crippen LogP contribution < -0.4 is 0 Å². The Morgan fingerprint density at radius 3 is 2.37 bits per heavy atom. The summed E-state index contributed by atoms with van der Waals surface area (Å²) in [6.45, 7) is 4.16. The molecule has 100 valence electrons. The second-order valence-electron chi connectivity index (χ2n) is 5.27. The van der Waals surface area contributed by atoms with E-state index in [0.29, 0.717) is 0 Å². The lowest BCUT2D eigenvalue weighted by Gasteiger charge is -2.30. The maximum absolute atomic E-state index is 5.49. The molecule has 3 nitrogen and oxygen atoms in total. The Morgan fingerprint density at radius 1 is 1.16 bits per heavy atom. The molecular formula is C15H19N3S. The highest BCUT2D eigenvalue weighted by molar-refractivity contribution is 7.80. The standard InChI is InChI=1S/C15H19N3S/c1-15(2,14(19)17(3)4)18-11-10-13(16-18)12-8-6-5-7-9-12/h5-11H,1-4H3. The van der Waals surface area contributed by atoms with E-state index in [4.69, 9.17) is 12.2 Å². The third-order valence-electron chi connectivity index (χ3n) is 3.16. The van der Waals surface area contributed by atoms with Gasteiger partial charge in [0.25, 0.3) is 0 Å². The second kappa shape index (κ2) is 5.13. The molecule has 0 spiro atoms. The smallest absolute Gasteiger partial charge is 0.107 e. The Kier molecular flexibility index (Phi) is 3.71. The van der Waals surface area contributed by atoms with Crippen LogP contribution in [0.15, 0.2) is 42.6 Å². The van der Waals surface area contributed by atoms with Crippen molar-refractivity contribution in [3.63, 3.8) is 0 Å². The van der Waals surface area contributed by atoms with Gasteiger partial charge in [-0.3, -0.25) is 4.68 Å². The van der Waals surface area contributed by atoms with Crippen LogP contribution in [0, 0.1) is 0 Å². The number of hydrogen-bond acceptors (Lipinski definition) is 2. The minimum Gasteiger partial charge on any atom is -0.370 e. The molecule has 0 aliphatic carbocycles. The fraction of sp³-hybridized carbons (Fsp3) is 0.333. The Bertz CT molecular complexity index is 570. The number of benzene rings is 1. The summed E-state index contributed by atoms with van der Waals surface area (Å²) in [5.74, 6) is 0. The van der Waals surface area contributed by atoms with Gasteiger partial charge in [0.15, 0.2) is 0 Å². The van der Waals surface area contributed by atoms with Crippen LogP contribution in [0.2, 0.25) is 0 Å². The highest BCUT2D eigenvalue weighted by atomic mass is 32.1. The number of aromatic nitrogens is 2. The molecule has 0 saturated heterocycles. The normalized spacial score (nSPS) is 11.4. The van der Waals surface area contributed by atoms with Gasteiger partial charge in [-0.15, -0.1) is 0 Å². The van der Waals surface area contributed by atoms with Crippen LogP contribution in [-0.4, -0.2) is 33.8 Å². The molecule has 0 aliphatic rings. The predicted octanol–water partition coefficient (Wildman–Crippen LogP) is 3.17. The zero-order valence-electron chi connectivity index (χ0n) is 11.8. The van der Waals surface area contributed by atoms with Gasteiger partial charge in [0, 0.05) is 25.9 Å². The van der Waals surface area contributed by atoms with Crippen LogP contribution in [0.4, 0.5) is 0 Å². The zero-order chi connectivity index (χ0) is 14.0. The molecule has 2 aromatic rings. The van der Waals surface area contributed by atoms with Gasteiger partial charge in [-0.1, -0.05) is 42.5 Å². The average molecular weight is 273 g/mol. The molecule has 1 heterocycles. The highest BCUT2D eigenvalue weighted by Crippen LogP contribution is 2.22. The van der Waals surface area contributed by atoms with E-state index in [-0.39, 0.29) is 5.54 Å². The summed E-state index contributed by atoms with van der Waals surface area (Å²) in [5.41, 5.74) is 1.77. The van der Waals surface area contributed by atoms with E-state index in [1.54, 1.807) is 0 Å². The number of nitrogens with zero attached hydrogens (tertiary/aromatic N) is 3. The van der Waals surface area contributed by atoms with Crippen molar-refractivity contribution in [1.82, 2.24) is 14.7 Å². The third-order valence-corrected chi connectivity index (χ3v) is 4.03. The summed E-state index contributed by atoms with van der Waals surface area (Å²) in [5, 5.41) is 4.66. The van der Waals surface area contributed by atoms with E-state index in [0.717, 1.165) is 16.2 Å². The van der Waals surface area contributed by atoms with Crippen LogP contribution in [0.1, 0.15) is 13.8 Å². The van der Waals surface area contributed by atoms with Crippen LogP contribution >= 0.6 is 12.2 Å². The predicted molar refractivity (Wildman–Crippen MR) is 83.3 cm³/mol. The second-order valence-corrected chi connectivity index (χ2v) is 5.66. The van der Waals surface area contributed by atoms with Gasteiger partial charge in [0.05, 0.1) is 5.69 Å². The average Bonchev–Trinajstić information content (AvgIpc) is 2.89. The minimum atomic E-state index is -0.314. The van der Waals surface area contributed by atoms with Crippen LogP contribution in [0.25, 0.3) is 11.3 Å². The molecule has 1 aromatic heterocycles. The molecule has 1 aromatic carbocycles. The molecular weight excluding hydrogens is 254 g/mol. The maximum Gasteiger partial charge on any atom is 0.107 e. The lowest BCUT2D eigenvalue weighted by Crippen LogP contribution is -2.42. The number of likely N-dealkylation sites (N-methyl/N-ethyl adjacent to an activating group) is 1. The van der Waals surface area contributed by atoms with Gasteiger partial charge in [0.2, 0.25) is 0 Å². The molecule has 0 amide bonds. The van der Waals surface area contributed by atoms with Crippen molar-refractivity contribution in [3.05, 3.63) is 42.6 Å². The lowest BCUT2D eigenvalue weighted by molar-refractivity contribution is 0.403. The first kappa shape index (κ1) is 13.7. The van der Waals surface area contributed by atoms with Gasteiger partial charge in [-0.25, -0.2) is 0 Å². The van der Waals surface area contributed by atoms with E-state index >= 15 is 0 Å². The topological polar surface area (TPSA) is 21.1 Å². The maximum atomic E-state index is 5.49. The van der Waals surface area contributed by atoms with E-state index in [2.05, 4.69) is 31.1 Å². The lowest BCUT2D eigenvalue weighted by atomic mass is 10.1. The molecule has 0 bridgehead atoms. The van der Waals surface area contributed by atoms with Crippen LogP contribution in [0.5, 0.6) is 0 Å². The summed E-state index contributed by atoms with van der Waals surface area (Å²) in [4.78, 5) is 2.81. The largest absolute Gasteiger partial charge is 0.370 e. The molecule has 0 N–H and O–H groups in total. The Labute approximate surface area is 119 Å². The van der Waals surface area contributed by atoms with Crippen molar-refractivity contribution >= 4 is 17.2 Å². The summed E-state index contributed by atoms with van der Waals surface area (Å²) in [6, 6.07) is 12.2. The first-order valence-corrected chi connectivity index (χ1v) is 6.67. The van der Waals surface area contributed by atoms with Crippen molar-refractivity contribution in [2.75, 3.05) is 14.1 Å². The summed E-state index contributed by atoms with van der Waals surface area (Å²) < 4.78 is 1.93. The fourth-order valence-corrected chi connectivity index (χ4v) is 2.14. The number of hydrogen-bond donors (Lipinski definition) is 0. The number of thiocarbonyl (C=S) groups is 1. The van der Waals surface area contributed by atoms with Gasteiger partial charge in [-0.05, 0) is 19.9 Å². The molecule has 4 heteroatoms. The van der Waals surface area contributed by atoms with Crippen LogP contribution in [0.3, 0.4) is 0 Å². The van der Waals surface area contributed by atoms with Gasteiger partial charge < -0.3 is 4.90 Å². The first-order chi connectivity index (χ1) is 8.93. The van der Waals surface area contributed by atoms with E-state index in [1.807, 2.05) is 54.1 Å². The van der Waals surface area contributed by atoms with Gasteiger partial charge in [-0.2, -0.15) is 5.10 Å². The quantitative estimate of drug-likeness (QED) is 0.802.